The maximum absolute atomic E-state index is 13.8. The Hall–Kier alpha value is -2.18. The molecule has 0 spiro atoms. The first-order chi connectivity index (χ1) is 13.1. The van der Waals surface area contributed by atoms with Gasteiger partial charge in [-0.3, -0.25) is 4.79 Å². The fraction of sp³-hybridized carbons (Fsp3) is 0.300. The molecule has 4 nitrogen and oxygen atoms in total. The number of rotatable bonds is 4. The number of carbonyl (C=O) groups excluding carboxylic acids is 1. The number of hydrogen-bond acceptors (Lipinski definition) is 4. The van der Waals surface area contributed by atoms with Gasteiger partial charge in [-0.2, -0.15) is 4.98 Å². The van der Waals surface area contributed by atoms with E-state index >= 15 is 0 Å². The number of hydrogen-bond donors (Lipinski definition) is 0. The number of para-hydroxylation sites is 1. The second-order valence-electron chi connectivity index (χ2n) is 6.53. The van der Waals surface area contributed by atoms with Crippen molar-refractivity contribution in [2.45, 2.75) is 25.4 Å². The highest BCUT2D eigenvalue weighted by Crippen LogP contribution is 2.31. The lowest BCUT2D eigenvalue weighted by Gasteiger charge is -2.31. The first-order valence-corrected chi connectivity index (χ1v) is 10.0. The molecule has 1 saturated heterocycles. The van der Waals surface area contributed by atoms with Crippen molar-refractivity contribution in [1.82, 2.24) is 9.88 Å². The van der Waals surface area contributed by atoms with Crippen molar-refractivity contribution in [3.05, 3.63) is 58.9 Å². The molecule has 0 aliphatic carbocycles. The molecule has 2 aromatic carbocycles. The minimum Gasteiger partial charge on any atom is -0.467 e. The van der Waals surface area contributed by atoms with Gasteiger partial charge in [-0.15, -0.1) is 0 Å². The van der Waals surface area contributed by atoms with Crippen LogP contribution in [-0.2, 0) is 11.2 Å². The molecule has 0 atom stereocenters. The number of benzene rings is 2. The molecule has 1 aliphatic rings. The van der Waals surface area contributed by atoms with Crippen LogP contribution in [0.2, 0.25) is 5.02 Å². The zero-order valence-corrected chi connectivity index (χ0v) is 16.1. The average molecular weight is 405 g/mol. The molecule has 3 aromatic rings. The fourth-order valence-electron chi connectivity index (χ4n) is 3.23. The van der Waals surface area contributed by atoms with Gasteiger partial charge in [0.15, 0.2) is 0 Å². The first kappa shape index (κ1) is 18.2. The molecule has 0 radical (unpaired) electrons. The summed E-state index contributed by atoms with van der Waals surface area (Å²) in [4.78, 5) is 18.6. The molecule has 0 N–H and O–H groups in total. The summed E-state index contributed by atoms with van der Waals surface area (Å²) < 4.78 is 20.5. The molecule has 1 amide bonds. The SMILES string of the molecule is O=C(Cc1ccccc1Cl)N1CCC(Oc2nc3c(F)cccc3s2)CC1. The maximum atomic E-state index is 13.8. The van der Waals surface area contributed by atoms with Crippen molar-refractivity contribution in [2.75, 3.05) is 13.1 Å². The Morgan fingerprint density at radius 3 is 2.74 bits per heavy atom. The molecule has 0 bridgehead atoms. The standard InChI is InChI=1S/C20H18ClFN2O2S/c21-15-5-2-1-4-13(15)12-18(25)24-10-8-14(9-11-24)26-20-23-19-16(22)6-3-7-17(19)27-20/h1-7,14H,8-12H2. The third-order valence-electron chi connectivity index (χ3n) is 4.71. The van der Waals surface area contributed by atoms with Crippen molar-refractivity contribution in [3.8, 4) is 5.19 Å². The van der Waals surface area contributed by atoms with Gasteiger partial charge >= 0.3 is 0 Å². The number of nitrogens with zero attached hydrogens (tertiary/aromatic N) is 2. The number of carbonyl (C=O) groups is 1. The van der Waals surface area contributed by atoms with E-state index in [1.807, 2.05) is 29.2 Å². The minimum absolute atomic E-state index is 0.0158. The monoisotopic (exact) mass is 404 g/mol. The predicted molar refractivity (Wildman–Crippen MR) is 105 cm³/mol. The van der Waals surface area contributed by atoms with Crippen LogP contribution in [0.3, 0.4) is 0 Å². The van der Waals surface area contributed by atoms with Crippen LogP contribution in [0, 0.1) is 5.82 Å². The Morgan fingerprint density at radius 2 is 2.00 bits per heavy atom. The molecule has 2 heterocycles. The molecule has 1 fully saturated rings. The maximum Gasteiger partial charge on any atom is 0.274 e. The van der Waals surface area contributed by atoms with Crippen molar-refractivity contribution in [3.63, 3.8) is 0 Å². The zero-order valence-electron chi connectivity index (χ0n) is 14.5. The number of aromatic nitrogens is 1. The molecule has 0 unspecified atom stereocenters. The largest absolute Gasteiger partial charge is 0.467 e. The van der Waals surface area contributed by atoms with Gasteiger partial charge in [0.25, 0.3) is 5.19 Å². The van der Waals surface area contributed by atoms with Crippen LogP contribution in [0.4, 0.5) is 4.39 Å². The molecular formula is C20H18ClFN2O2S. The van der Waals surface area contributed by atoms with E-state index in [4.69, 9.17) is 16.3 Å². The van der Waals surface area contributed by atoms with Gasteiger partial charge in [-0.1, -0.05) is 47.2 Å². The molecular weight excluding hydrogens is 387 g/mol. The second-order valence-corrected chi connectivity index (χ2v) is 7.93. The van der Waals surface area contributed by atoms with Gasteiger partial charge in [-0.25, -0.2) is 4.39 Å². The van der Waals surface area contributed by atoms with Crippen molar-refractivity contribution in [2.24, 2.45) is 0 Å². The summed E-state index contributed by atoms with van der Waals surface area (Å²) in [6.07, 6.45) is 1.75. The van der Waals surface area contributed by atoms with Gasteiger partial charge in [0.1, 0.15) is 17.4 Å². The van der Waals surface area contributed by atoms with Crippen LogP contribution in [0.5, 0.6) is 5.19 Å². The normalized spacial score (nSPS) is 15.3. The molecule has 7 heteroatoms. The molecule has 27 heavy (non-hydrogen) atoms. The van der Waals surface area contributed by atoms with Crippen molar-refractivity contribution < 1.29 is 13.9 Å². The Kier molecular flexibility index (Phi) is 5.27. The van der Waals surface area contributed by atoms with E-state index in [0.717, 1.165) is 23.1 Å². The minimum atomic E-state index is -0.335. The fourth-order valence-corrected chi connectivity index (χ4v) is 4.33. The van der Waals surface area contributed by atoms with E-state index in [0.29, 0.717) is 35.2 Å². The lowest BCUT2D eigenvalue weighted by atomic mass is 10.1. The van der Waals surface area contributed by atoms with E-state index < -0.39 is 0 Å². The van der Waals surface area contributed by atoms with Crippen molar-refractivity contribution >= 4 is 39.1 Å². The summed E-state index contributed by atoms with van der Waals surface area (Å²) in [6.45, 7) is 1.26. The topological polar surface area (TPSA) is 42.4 Å². The highest BCUT2D eigenvalue weighted by molar-refractivity contribution is 7.20. The highest BCUT2D eigenvalue weighted by Gasteiger charge is 2.25. The molecule has 4 rings (SSSR count). The van der Waals surface area contributed by atoms with Crippen LogP contribution in [0.15, 0.2) is 42.5 Å². The number of amides is 1. The molecule has 1 aromatic heterocycles. The number of likely N-dealkylation sites (tertiary alicyclic amines) is 1. The average Bonchev–Trinajstić information content (AvgIpc) is 3.08. The summed E-state index contributed by atoms with van der Waals surface area (Å²) in [7, 11) is 0. The number of thiazole rings is 1. The third-order valence-corrected chi connectivity index (χ3v) is 5.99. The molecule has 140 valence electrons. The Morgan fingerprint density at radius 1 is 1.22 bits per heavy atom. The van der Waals surface area contributed by atoms with Crippen LogP contribution in [0.25, 0.3) is 10.2 Å². The van der Waals surface area contributed by atoms with E-state index in [-0.39, 0.29) is 17.8 Å². The summed E-state index contributed by atoms with van der Waals surface area (Å²) in [5, 5.41) is 1.10. The van der Waals surface area contributed by atoms with E-state index in [2.05, 4.69) is 4.98 Å². The number of halogens is 2. The Bertz CT molecular complexity index is 970. The van der Waals surface area contributed by atoms with Gasteiger partial charge < -0.3 is 9.64 Å². The summed E-state index contributed by atoms with van der Waals surface area (Å²) in [5.74, 6) is -0.262. The molecule has 0 saturated carbocycles. The lowest BCUT2D eigenvalue weighted by Crippen LogP contribution is -2.42. The second kappa shape index (κ2) is 7.82. The predicted octanol–water partition coefficient (Wildman–Crippen LogP) is 4.70. The zero-order chi connectivity index (χ0) is 18.8. The van der Waals surface area contributed by atoms with Gasteiger partial charge in [0.05, 0.1) is 11.1 Å². The summed E-state index contributed by atoms with van der Waals surface area (Å²) >= 11 is 7.49. The Labute approximate surface area is 165 Å². The van der Waals surface area contributed by atoms with Gasteiger partial charge in [-0.05, 0) is 23.8 Å². The van der Waals surface area contributed by atoms with Crippen molar-refractivity contribution in [1.29, 1.82) is 0 Å². The number of ether oxygens (including phenoxy) is 1. The van der Waals surface area contributed by atoms with Crippen LogP contribution < -0.4 is 4.74 Å². The smallest absolute Gasteiger partial charge is 0.274 e. The summed E-state index contributed by atoms with van der Waals surface area (Å²) in [6, 6.07) is 12.3. The number of fused-ring (bicyclic) bond motifs is 1. The van der Waals surface area contributed by atoms with E-state index in [1.165, 1.54) is 17.4 Å². The van der Waals surface area contributed by atoms with Gasteiger partial charge in [0, 0.05) is 31.0 Å². The van der Waals surface area contributed by atoms with E-state index in [9.17, 15) is 9.18 Å². The van der Waals surface area contributed by atoms with E-state index in [1.54, 1.807) is 12.1 Å². The third kappa shape index (κ3) is 4.06. The molecule has 1 aliphatic heterocycles. The van der Waals surface area contributed by atoms with Crippen LogP contribution >= 0.6 is 22.9 Å². The number of piperidine rings is 1. The van der Waals surface area contributed by atoms with Crippen LogP contribution in [-0.4, -0.2) is 35.0 Å². The quantitative estimate of drug-likeness (QED) is 0.632. The lowest BCUT2D eigenvalue weighted by molar-refractivity contribution is -0.132. The summed E-state index contributed by atoms with van der Waals surface area (Å²) in [5.41, 5.74) is 1.20. The van der Waals surface area contributed by atoms with Gasteiger partial charge in [0.2, 0.25) is 5.91 Å². The first-order valence-electron chi connectivity index (χ1n) is 8.83. The highest BCUT2D eigenvalue weighted by atomic mass is 35.5. The van der Waals surface area contributed by atoms with Crippen LogP contribution in [0.1, 0.15) is 18.4 Å². The Balaban J connectivity index is 1.33.